The number of rotatable bonds is 7. The Morgan fingerprint density at radius 2 is 1.91 bits per heavy atom. The Morgan fingerprint density at radius 3 is 2.36 bits per heavy atom. The fourth-order valence-electron chi connectivity index (χ4n) is 1.18. The fraction of sp³-hybridized carbons (Fsp3) is 1.00. The number of hydrogen-bond acceptors (Lipinski definition) is 1. The molecule has 0 amide bonds. The van der Waals surface area contributed by atoms with Crippen molar-refractivity contribution in [1.82, 2.24) is 0 Å². The summed E-state index contributed by atoms with van der Waals surface area (Å²) in [5, 5.41) is 0. The highest BCUT2D eigenvalue weighted by molar-refractivity contribution is 7.99. The van der Waals surface area contributed by atoms with E-state index in [0.717, 1.165) is 5.92 Å². The van der Waals surface area contributed by atoms with E-state index in [2.05, 4.69) is 32.5 Å². The molecular weight excluding hydrogens is 152 g/mol. The van der Waals surface area contributed by atoms with Gasteiger partial charge in [-0.2, -0.15) is 11.8 Å². The first-order chi connectivity index (χ1) is 5.35. The first-order valence-corrected chi connectivity index (χ1v) is 6.08. The molecule has 0 radical (unpaired) electrons. The maximum absolute atomic E-state index is 2.32. The summed E-state index contributed by atoms with van der Waals surface area (Å²) in [4.78, 5) is 0. The highest BCUT2D eigenvalue weighted by Gasteiger charge is 2.03. The van der Waals surface area contributed by atoms with Gasteiger partial charge in [-0.3, -0.25) is 0 Å². The molecule has 0 aromatic rings. The molecule has 0 aromatic carbocycles. The van der Waals surface area contributed by atoms with Gasteiger partial charge in [-0.15, -0.1) is 0 Å². The zero-order valence-corrected chi connectivity index (χ0v) is 9.04. The van der Waals surface area contributed by atoms with Crippen molar-refractivity contribution in [1.29, 1.82) is 0 Å². The second-order valence-electron chi connectivity index (χ2n) is 3.08. The van der Waals surface area contributed by atoms with E-state index >= 15 is 0 Å². The van der Waals surface area contributed by atoms with Crippen molar-refractivity contribution in [2.75, 3.05) is 11.5 Å². The average molecular weight is 174 g/mol. The molecule has 0 aliphatic rings. The fourth-order valence-corrected chi connectivity index (χ4v) is 2.15. The molecule has 0 N–H and O–H groups in total. The quantitative estimate of drug-likeness (QED) is 0.563. The van der Waals surface area contributed by atoms with E-state index in [9.17, 15) is 0 Å². The van der Waals surface area contributed by atoms with Crippen LogP contribution in [0.15, 0.2) is 0 Å². The first-order valence-electron chi connectivity index (χ1n) is 4.92. The third kappa shape index (κ3) is 6.74. The minimum Gasteiger partial charge on any atom is -0.162 e. The Kier molecular flexibility index (Phi) is 8.72. The van der Waals surface area contributed by atoms with Crippen LogP contribution in [-0.2, 0) is 0 Å². The predicted molar refractivity (Wildman–Crippen MR) is 56.3 cm³/mol. The maximum atomic E-state index is 2.32. The van der Waals surface area contributed by atoms with Gasteiger partial charge in [0, 0.05) is 0 Å². The number of hydrogen-bond donors (Lipinski definition) is 0. The Balaban J connectivity index is 3.25. The molecule has 1 unspecified atom stereocenters. The first kappa shape index (κ1) is 11.4. The lowest BCUT2D eigenvalue weighted by molar-refractivity contribution is 0.499. The van der Waals surface area contributed by atoms with Crippen LogP contribution in [0.3, 0.4) is 0 Å². The van der Waals surface area contributed by atoms with Crippen LogP contribution in [0.4, 0.5) is 0 Å². The third-order valence-corrected chi connectivity index (χ3v) is 3.22. The third-order valence-electron chi connectivity index (χ3n) is 2.10. The smallest absolute Gasteiger partial charge is 0.00393 e. The van der Waals surface area contributed by atoms with Crippen LogP contribution in [0.5, 0.6) is 0 Å². The van der Waals surface area contributed by atoms with Gasteiger partial charge in [-0.05, 0) is 23.8 Å². The molecule has 0 fully saturated rings. The molecule has 0 aliphatic carbocycles. The van der Waals surface area contributed by atoms with Gasteiger partial charge in [0.05, 0.1) is 0 Å². The molecule has 1 atom stereocenters. The molecule has 0 aromatic heterocycles. The van der Waals surface area contributed by atoms with E-state index in [0.29, 0.717) is 0 Å². The molecule has 0 saturated heterocycles. The molecule has 0 rings (SSSR count). The molecule has 0 heterocycles. The molecule has 1 heteroatoms. The van der Waals surface area contributed by atoms with Gasteiger partial charge in [0.25, 0.3) is 0 Å². The van der Waals surface area contributed by atoms with Crippen LogP contribution in [0.25, 0.3) is 0 Å². The van der Waals surface area contributed by atoms with Crippen LogP contribution < -0.4 is 0 Å². The summed E-state index contributed by atoms with van der Waals surface area (Å²) in [5.74, 6) is 3.65. The van der Waals surface area contributed by atoms with Gasteiger partial charge >= 0.3 is 0 Å². The lowest BCUT2D eigenvalue weighted by atomic mass is 10.0. The van der Waals surface area contributed by atoms with Crippen LogP contribution in [0, 0.1) is 5.92 Å². The van der Waals surface area contributed by atoms with Gasteiger partial charge in [0.2, 0.25) is 0 Å². The summed E-state index contributed by atoms with van der Waals surface area (Å²) in [5.41, 5.74) is 0. The molecule has 68 valence electrons. The summed E-state index contributed by atoms with van der Waals surface area (Å²) in [6, 6.07) is 0. The topological polar surface area (TPSA) is 0 Å². The summed E-state index contributed by atoms with van der Waals surface area (Å²) >= 11 is 2.09. The summed E-state index contributed by atoms with van der Waals surface area (Å²) in [6.07, 6.45) is 5.59. The van der Waals surface area contributed by atoms with E-state index in [1.54, 1.807) is 0 Å². The van der Waals surface area contributed by atoms with Crippen molar-refractivity contribution >= 4 is 11.8 Å². The van der Waals surface area contributed by atoms with Gasteiger partial charge in [-0.1, -0.05) is 40.0 Å². The standard InChI is InChI=1S/C10H22S/c1-4-7-8-10(5-2)9-11-6-3/h10H,4-9H2,1-3H3. The Morgan fingerprint density at radius 1 is 1.18 bits per heavy atom. The summed E-state index contributed by atoms with van der Waals surface area (Å²) in [6.45, 7) is 6.84. The van der Waals surface area contributed by atoms with Gasteiger partial charge < -0.3 is 0 Å². The van der Waals surface area contributed by atoms with Gasteiger partial charge in [0.1, 0.15) is 0 Å². The lowest BCUT2D eigenvalue weighted by Crippen LogP contribution is -2.02. The molecule has 0 bridgehead atoms. The minimum absolute atomic E-state index is 0.986. The van der Waals surface area contributed by atoms with Crippen LogP contribution >= 0.6 is 11.8 Å². The zero-order valence-electron chi connectivity index (χ0n) is 8.23. The van der Waals surface area contributed by atoms with Gasteiger partial charge in [0.15, 0.2) is 0 Å². The largest absolute Gasteiger partial charge is 0.162 e. The summed E-state index contributed by atoms with van der Waals surface area (Å²) in [7, 11) is 0. The molecular formula is C10H22S. The van der Waals surface area contributed by atoms with E-state index in [1.807, 2.05) is 0 Å². The van der Waals surface area contributed by atoms with E-state index < -0.39 is 0 Å². The molecule has 0 spiro atoms. The molecule has 11 heavy (non-hydrogen) atoms. The number of thioether (sulfide) groups is 1. The van der Waals surface area contributed by atoms with Crippen molar-refractivity contribution in [3.8, 4) is 0 Å². The van der Waals surface area contributed by atoms with Crippen molar-refractivity contribution in [3.05, 3.63) is 0 Å². The zero-order chi connectivity index (χ0) is 8.53. The van der Waals surface area contributed by atoms with Crippen molar-refractivity contribution in [2.24, 2.45) is 5.92 Å². The SMILES string of the molecule is CCCCC(CC)CSCC. The van der Waals surface area contributed by atoms with Crippen LogP contribution in [0.2, 0.25) is 0 Å². The van der Waals surface area contributed by atoms with Gasteiger partial charge in [-0.25, -0.2) is 0 Å². The highest BCUT2D eigenvalue weighted by atomic mass is 32.2. The maximum Gasteiger partial charge on any atom is -0.00393 e. The van der Waals surface area contributed by atoms with E-state index in [4.69, 9.17) is 0 Å². The Bertz CT molecular complexity index is 63.3. The molecule has 0 nitrogen and oxygen atoms in total. The van der Waals surface area contributed by atoms with E-state index in [-0.39, 0.29) is 0 Å². The Hall–Kier alpha value is 0.350. The number of unbranched alkanes of at least 4 members (excludes halogenated alkanes) is 1. The lowest BCUT2D eigenvalue weighted by Gasteiger charge is -2.12. The summed E-state index contributed by atoms with van der Waals surface area (Å²) < 4.78 is 0. The molecule has 0 aliphatic heterocycles. The minimum atomic E-state index is 0.986. The van der Waals surface area contributed by atoms with Crippen molar-refractivity contribution in [2.45, 2.75) is 46.5 Å². The van der Waals surface area contributed by atoms with Crippen LogP contribution in [0.1, 0.15) is 46.5 Å². The second kappa shape index (κ2) is 8.45. The Labute approximate surface area is 76.1 Å². The van der Waals surface area contributed by atoms with E-state index in [1.165, 1.54) is 37.2 Å². The monoisotopic (exact) mass is 174 g/mol. The van der Waals surface area contributed by atoms with Crippen molar-refractivity contribution < 1.29 is 0 Å². The molecule has 0 saturated carbocycles. The predicted octanol–water partition coefficient (Wildman–Crippen LogP) is 3.96. The van der Waals surface area contributed by atoms with Crippen LogP contribution in [-0.4, -0.2) is 11.5 Å². The average Bonchev–Trinajstić information content (AvgIpc) is 2.05. The normalized spacial score (nSPS) is 13.4. The second-order valence-corrected chi connectivity index (χ2v) is 4.39. The highest BCUT2D eigenvalue weighted by Crippen LogP contribution is 2.17. The van der Waals surface area contributed by atoms with Crippen molar-refractivity contribution in [3.63, 3.8) is 0 Å².